The first-order valence-corrected chi connectivity index (χ1v) is 7.18. The molecule has 7 heteroatoms. The van der Waals surface area contributed by atoms with Gasteiger partial charge in [0.1, 0.15) is 5.84 Å². The van der Waals surface area contributed by atoms with Gasteiger partial charge in [-0.2, -0.15) is 0 Å². The number of rotatable bonds is 2. The molecule has 2 aliphatic heterocycles. The molecule has 0 bridgehead atoms. The third-order valence-electron chi connectivity index (χ3n) is 2.58. The van der Waals surface area contributed by atoms with Crippen LogP contribution in [0.2, 0.25) is 0 Å². The van der Waals surface area contributed by atoms with Crippen molar-refractivity contribution in [3.05, 3.63) is 23.9 Å². The molecule has 0 amide bonds. The minimum absolute atomic E-state index is 0.0794. The van der Waals surface area contributed by atoms with Gasteiger partial charge in [0.2, 0.25) is 0 Å². The molecule has 0 aliphatic carbocycles. The number of hydrogen-bond acceptors (Lipinski definition) is 5. The number of hydrogen-bond donors (Lipinski definition) is 0. The molecule has 0 saturated carbocycles. The van der Waals surface area contributed by atoms with Crippen molar-refractivity contribution in [3.63, 3.8) is 0 Å². The van der Waals surface area contributed by atoms with Crippen LogP contribution in [-0.2, 0) is 19.6 Å². The largest absolute Gasteiger partial charge is 0.446 e. The summed E-state index contributed by atoms with van der Waals surface area (Å²) in [5, 5.41) is 0. The van der Waals surface area contributed by atoms with Crippen LogP contribution in [0.4, 0.5) is 0 Å². The zero-order chi connectivity index (χ0) is 14.0. The average molecular weight is 280 g/mol. The average Bonchev–Trinajstić information content (AvgIpc) is 2.36. The van der Waals surface area contributed by atoms with Crippen LogP contribution >= 0.6 is 0 Å². The first kappa shape index (κ1) is 13.4. The second-order valence-electron chi connectivity index (χ2n) is 4.06. The summed E-state index contributed by atoms with van der Waals surface area (Å²) in [5.41, 5.74) is 0.306. The van der Waals surface area contributed by atoms with Crippen molar-refractivity contribution in [1.29, 1.82) is 0 Å². The number of amidine groups is 1. The molecular weight excluding hydrogens is 268 g/mol. The third kappa shape index (κ3) is 3.03. The van der Waals surface area contributed by atoms with Crippen molar-refractivity contribution in [2.24, 2.45) is 4.40 Å². The predicted molar refractivity (Wildman–Crippen MR) is 69.5 cm³/mol. The van der Waals surface area contributed by atoms with Gasteiger partial charge in [-0.25, -0.2) is 13.2 Å². The summed E-state index contributed by atoms with van der Waals surface area (Å²) in [5.74, 6) is 1.96. The van der Waals surface area contributed by atoms with Gasteiger partial charge in [0.15, 0.2) is 6.10 Å². The van der Waals surface area contributed by atoms with E-state index in [1.807, 2.05) is 0 Å². The molecule has 0 fully saturated rings. The molecule has 0 radical (unpaired) electrons. The number of ether oxygens (including phenoxy) is 1. The maximum Gasteiger partial charge on any atom is 0.340 e. The van der Waals surface area contributed by atoms with Gasteiger partial charge in [-0.05, 0) is 19.1 Å². The summed E-state index contributed by atoms with van der Waals surface area (Å²) in [7, 11) is -3.39. The van der Waals surface area contributed by atoms with E-state index in [9.17, 15) is 13.2 Å². The predicted octanol–water partition coefficient (Wildman–Crippen LogP) is 0.0489. The van der Waals surface area contributed by atoms with Gasteiger partial charge in [-0.3, -0.25) is 0 Å². The summed E-state index contributed by atoms with van der Waals surface area (Å²) in [6.45, 7) is 1.85. The molecule has 1 unspecified atom stereocenters. The highest BCUT2D eigenvalue weighted by Crippen LogP contribution is 2.16. The van der Waals surface area contributed by atoms with Crippen molar-refractivity contribution in [2.45, 2.75) is 13.0 Å². The molecule has 6 nitrogen and oxygen atoms in total. The lowest BCUT2D eigenvalue weighted by Gasteiger charge is -2.26. The maximum absolute atomic E-state index is 11.7. The second kappa shape index (κ2) is 4.90. The van der Waals surface area contributed by atoms with E-state index in [4.69, 9.17) is 11.2 Å². The number of carbonyl (C=O) groups is 1. The minimum atomic E-state index is -3.39. The Balaban J connectivity index is 2.18. The first-order chi connectivity index (χ1) is 8.91. The molecule has 0 saturated heterocycles. The van der Waals surface area contributed by atoms with Crippen LogP contribution in [0.15, 0.2) is 28.3 Å². The number of fused-ring (bicyclic) bond motifs is 1. The van der Waals surface area contributed by atoms with Crippen LogP contribution in [0.25, 0.3) is 0 Å². The van der Waals surface area contributed by atoms with E-state index >= 15 is 0 Å². The molecule has 1 atom stereocenters. The quantitative estimate of drug-likeness (QED) is 0.527. The topological polar surface area (TPSA) is 76.0 Å². The minimum Gasteiger partial charge on any atom is -0.446 e. The molecular formula is C12H12N2O4S. The van der Waals surface area contributed by atoms with Gasteiger partial charge < -0.3 is 9.64 Å². The van der Waals surface area contributed by atoms with Gasteiger partial charge >= 0.3 is 5.97 Å². The zero-order valence-electron chi connectivity index (χ0n) is 10.2. The zero-order valence-corrected chi connectivity index (χ0v) is 11.1. The SMILES string of the molecule is C#CC(C)OC(=O)C1=CN2CCS(=O)(=O)N=C2C=C1. The number of sulfonamides is 1. The van der Waals surface area contributed by atoms with Crippen molar-refractivity contribution in [2.75, 3.05) is 12.3 Å². The van der Waals surface area contributed by atoms with Crippen molar-refractivity contribution in [3.8, 4) is 12.3 Å². The van der Waals surface area contributed by atoms with E-state index in [1.165, 1.54) is 18.4 Å². The lowest BCUT2D eigenvalue weighted by molar-refractivity contribution is -0.140. The maximum atomic E-state index is 11.7. The number of carbonyl (C=O) groups excluding carboxylic acids is 1. The normalized spacial score (nSPS) is 21.6. The van der Waals surface area contributed by atoms with Gasteiger partial charge in [-0.1, -0.05) is 5.92 Å². The highest BCUT2D eigenvalue weighted by molar-refractivity contribution is 7.90. The molecule has 0 spiro atoms. The highest BCUT2D eigenvalue weighted by Gasteiger charge is 2.25. The van der Waals surface area contributed by atoms with Crippen LogP contribution in [0.1, 0.15) is 6.92 Å². The van der Waals surface area contributed by atoms with Gasteiger partial charge in [0.05, 0.1) is 11.3 Å². The summed E-state index contributed by atoms with van der Waals surface area (Å²) in [6.07, 6.45) is 8.95. The molecule has 0 aromatic carbocycles. The van der Waals surface area contributed by atoms with E-state index < -0.39 is 22.1 Å². The first-order valence-electron chi connectivity index (χ1n) is 5.57. The molecule has 19 heavy (non-hydrogen) atoms. The second-order valence-corrected chi connectivity index (χ2v) is 5.82. The Kier molecular flexibility index (Phi) is 3.44. The van der Waals surface area contributed by atoms with Crippen molar-refractivity contribution < 1.29 is 17.9 Å². The fourth-order valence-electron chi connectivity index (χ4n) is 1.58. The number of terminal acetylenes is 1. The summed E-state index contributed by atoms with van der Waals surface area (Å²) in [4.78, 5) is 13.3. The van der Waals surface area contributed by atoms with Crippen molar-refractivity contribution >= 4 is 21.8 Å². The Morgan fingerprint density at radius 3 is 3.00 bits per heavy atom. The Hall–Kier alpha value is -2.07. The molecule has 100 valence electrons. The summed E-state index contributed by atoms with van der Waals surface area (Å²) >= 11 is 0. The molecule has 0 aromatic rings. The van der Waals surface area contributed by atoms with Gasteiger partial charge in [-0.15, -0.1) is 10.8 Å². The van der Waals surface area contributed by atoms with Crippen molar-refractivity contribution in [1.82, 2.24) is 4.90 Å². The molecule has 2 rings (SSSR count). The smallest absolute Gasteiger partial charge is 0.340 e. The Labute approximate surface area is 111 Å². The number of esters is 1. The fraction of sp³-hybridized carbons (Fsp3) is 0.333. The lowest BCUT2D eigenvalue weighted by Crippen LogP contribution is -2.37. The van der Waals surface area contributed by atoms with Crippen LogP contribution < -0.4 is 0 Å². The lowest BCUT2D eigenvalue weighted by atomic mass is 10.2. The van der Waals surface area contributed by atoms with E-state index in [2.05, 4.69) is 10.3 Å². The van der Waals surface area contributed by atoms with E-state index in [0.29, 0.717) is 11.4 Å². The van der Waals surface area contributed by atoms with Crippen LogP contribution in [0, 0.1) is 12.3 Å². The van der Waals surface area contributed by atoms with Gasteiger partial charge in [0.25, 0.3) is 10.0 Å². The summed E-state index contributed by atoms with van der Waals surface area (Å²) in [6, 6.07) is 0. The van der Waals surface area contributed by atoms with E-state index in [0.717, 1.165) is 0 Å². The van der Waals surface area contributed by atoms with Crippen LogP contribution in [0.3, 0.4) is 0 Å². The molecule has 2 aliphatic rings. The number of nitrogens with zero attached hydrogens (tertiary/aromatic N) is 2. The van der Waals surface area contributed by atoms with Crippen LogP contribution in [0.5, 0.6) is 0 Å². The van der Waals surface area contributed by atoms with Crippen LogP contribution in [-0.4, -0.2) is 43.5 Å². The molecule has 0 aromatic heterocycles. The Bertz CT molecular complexity index is 637. The van der Waals surface area contributed by atoms with E-state index in [1.54, 1.807) is 11.8 Å². The Morgan fingerprint density at radius 2 is 2.32 bits per heavy atom. The highest BCUT2D eigenvalue weighted by atomic mass is 32.2. The standard InChI is InChI=1S/C12H12N2O4S/c1-3-9(2)18-12(15)10-4-5-11-13-19(16,17)7-6-14(11)8-10/h1,4-5,8-9H,6-7H2,2H3. The summed E-state index contributed by atoms with van der Waals surface area (Å²) < 4.78 is 31.2. The fourth-order valence-corrected chi connectivity index (χ4v) is 2.55. The van der Waals surface area contributed by atoms with E-state index in [-0.39, 0.29) is 12.3 Å². The monoisotopic (exact) mass is 280 g/mol. The molecule has 0 N–H and O–H groups in total. The third-order valence-corrected chi connectivity index (χ3v) is 3.74. The Morgan fingerprint density at radius 1 is 1.58 bits per heavy atom. The van der Waals surface area contributed by atoms with Gasteiger partial charge in [0, 0.05) is 12.7 Å². The molecule has 2 heterocycles.